The lowest BCUT2D eigenvalue weighted by Gasteiger charge is -2.49. The van der Waals surface area contributed by atoms with E-state index in [0.29, 0.717) is 13.2 Å². The van der Waals surface area contributed by atoms with Crippen LogP contribution in [0.3, 0.4) is 0 Å². The van der Waals surface area contributed by atoms with E-state index in [-0.39, 0.29) is 12.1 Å². The maximum Gasteiger partial charge on any atom is 0.311 e. The van der Waals surface area contributed by atoms with Gasteiger partial charge in [0.25, 0.3) is 0 Å². The van der Waals surface area contributed by atoms with Crippen molar-refractivity contribution in [2.24, 2.45) is 5.41 Å². The molecule has 182 valence electrons. The fourth-order valence-electron chi connectivity index (χ4n) is 3.85. The Balaban J connectivity index is 1.64. The van der Waals surface area contributed by atoms with Gasteiger partial charge in [0.1, 0.15) is 23.7 Å². The van der Waals surface area contributed by atoms with Crippen molar-refractivity contribution in [3.05, 3.63) is 78.9 Å². The van der Waals surface area contributed by atoms with Gasteiger partial charge in [-0.1, -0.05) is 66.4 Å². The average Bonchev–Trinajstić information content (AvgIpc) is 2.84. The van der Waals surface area contributed by atoms with E-state index in [2.05, 4.69) is 6.58 Å². The molecule has 0 radical (unpaired) electrons. The first-order valence-corrected chi connectivity index (χ1v) is 12.4. The van der Waals surface area contributed by atoms with Gasteiger partial charge < -0.3 is 23.7 Å². The van der Waals surface area contributed by atoms with Crippen molar-refractivity contribution >= 4 is 17.7 Å². The summed E-state index contributed by atoms with van der Waals surface area (Å²) in [7, 11) is 0. The molecule has 0 amide bonds. The van der Waals surface area contributed by atoms with Crippen LogP contribution in [-0.2, 0) is 28.5 Å². The predicted molar refractivity (Wildman–Crippen MR) is 130 cm³/mol. The zero-order valence-corrected chi connectivity index (χ0v) is 20.6. The minimum atomic E-state index is -0.687. The second-order valence-corrected chi connectivity index (χ2v) is 10.5. The van der Waals surface area contributed by atoms with Crippen molar-refractivity contribution in [2.75, 3.05) is 13.2 Å². The highest BCUT2D eigenvalue weighted by Crippen LogP contribution is 2.41. The molecule has 0 N–H and O–H groups in total. The number of benzene rings is 2. The van der Waals surface area contributed by atoms with Gasteiger partial charge in [-0.15, -0.1) is 6.58 Å². The first-order valence-electron chi connectivity index (χ1n) is 11.5. The number of hydrogen-bond acceptors (Lipinski definition) is 7. The van der Waals surface area contributed by atoms with Gasteiger partial charge in [0.15, 0.2) is 12.4 Å². The van der Waals surface area contributed by atoms with Crippen LogP contribution in [0.5, 0.6) is 0 Å². The van der Waals surface area contributed by atoms with Crippen LogP contribution in [0.4, 0.5) is 0 Å². The van der Waals surface area contributed by atoms with E-state index in [9.17, 15) is 4.79 Å². The highest BCUT2D eigenvalue weighted by atomic mass is 32.2. The molecule has 2 fully saturated rings. The van der Waals surface area contributed by atoms with E-state index in [4.69, 9.17) is 23.7 Å². The first kappa shape index (κ1) is 24.9. The van der Waals surface area contributed by atoms with Crippen molar-refractivity contribution in [3.8, 4) is 0 Å². The number of fused-ring (bicyclic) bond motifs is 1. The Morgan fingerprint density at radius 1 is 1.06 bits per heavy atom. The van der Waals surface area contributed by atoms with Crippen molar-refractivity contribution < 1.29 is 28.5 Å². The van der Waals surface area contributed by atoms with Gasteiger partial charge >= 0.3 is 5.97 Å². The summed E-state index contributed by atoms with van der Waals surface area (Å²) >= 11 is 1.50. The fraction of sp³-hybridized carbons (Fsp3) is 0.444. The molecule has 4 rings (SSSR count). The molecule has 0 aromatic heterocycles. The fourth-order valence-corrected chi connectivity index (χ4v) is 4.97. The van der Waals surface area contributed by atoms with Gasteiger partial charge in [-0.3, -0.25) is 4.79 Å². The van der Waals surface area contributed by atoms with E-state index in [1.807, 2.05) is 81.4 Å². The van der Waals surface area contributed by atoms with Crippen LogP contribution in [0, 0.1) is 5.41 Å². The number of carbonyl (C=O) groups is 1. The molecule has 2 aromatic rings. The van der Waals surface area contributed by atoms with E-state index < -0.39 is 35.5 Å². The van der Waals surface area contributed by atoms with Gasteiger partial charge in [-0.2, -0.15) is 0 Å². The standard InChI is InChI=1S/C27H32O6S/c1-5-16-29-22-21-20(17-30-24(32-21)18-12-8-6-9-13-18)31-25(34-19-14-10-7-11-15-19)23(22)33-26(28)27(2,3)4/h5-15,20-25H,1,16-17H2,2-4H3/t20-,21+,22+,23-,24+,25+/m1/s1. The third kappa shape index (κ3) is 5.90. The lowest BCUT2D eigenvalue weighted by molar-refractivity contribution is -0.324. The molecule has 2 aliphatic rings. The molecule has 0 saturated carbocycles. The summed E-state index contributed by atoms with van der Waals surface area (Å²) in [6.07, 6.45) is -0.976. The molecular weight excluding hydrogens is 452 g/mol. The van der Waals surface area contributed by atoms with Crippen LogP contribution < -0.4 is 0 Å². The van der Waals surface area contributed by atoms with E-state index in [1.165, 1.54) is 11.8 Å². The molecule has 2 heterocycles. The number of carbonyl (C=O) groups excluding carboxylic acids is 1. The Bertz CT molecular complexity index is 945. The monoisotopic (exact) mass is 484 g/mol. The lowest BCUT2D eigenvalue weighted by Crippen LogP contribution is -2.63. The van der Waals surface area contributed by atoms with Crippen LogP contribution in [0.1, 0.15) is 32.6 Å². The summed E-state index contributed by atoms with van der Waals surface area (Å²) in [5.74, 6) is -0.322. The summed E-state index contributed by atoms with van der Waals surface area (Å²) < 4.78 is 31.1. The number of hydrogen-bond donors (Lipinski definition) is 0. The first-order chi connectivity index (χ1) is 16.4. The zero-order valence-electron chi connectivity index (χ0n) is 19.8. The molecule has 0 bridgehead atoms. The minimum Gasteiger partial charge on any atom is -0.455 e. The molecule has 7 heteroatoms. The van der Waals surface area contributed by atoms with Crippen molar-refractivity contribution in [1.29, 1.82) is 0 Å². The van der Waals surface area contributed by atoms with Gasteiger partial charge in [0.05, 0.1) is 18.6 Å². The molecule has 6 atom stereocenters. The summed E-state index contributed by atoms with van der Waals surface area (Å²) in [6, 6.07) is 19.6. The Labute approximate surface area is 205 Å². The molecule has 2 aliphatic heterocycles. The Morgan fingerprint density at radius 3 is 2.38 bits per heavy atom. The van der Waals surface area contributed by atoms with Crippen LogP contribution >= 0.6 is 11.8 Å². The summed E-state index contributed by atoms with van der Waals surface area (Å²) in [6.45, 7) is 9.91. The second kappa shape index (κ2) is 11.1. The number of ether oxygens (including phenoxy) is 5. The Kier molecular flexibility index (Phi) is 8.11. The van der Waals surface area contributed by atoms with Gasteiger partial charge in [0.2, 0.25) is 0 Å². The van der Waals surface area contributed by atoms with E-state index in [0.717, 1.165) is 10.5 Å². The van der Waals surface area contributed by atoms with Crippen LogP contribution in [0.25, 0.3) is 0 Å². The molecule has 2 saturated heterocycles. The number of thioether (sulfide) groups is 1. The summed E-state index contributed by atoms with van der Waals surface area (Å²) in [5, 5.41) is 0. The maximum absolute atomic E-state index is 13.0. The highest BCUT2D eigenvalue weighted by Gasteiger charge is 2.53. The van der Waals surface area contributed by atoms with Crippen LogP contribution in [0.15, 0.2) is 78.2 Å². The molecule has 6 nitrogen and oxygen atoms in total. The zero-order chi connectivity index (χ0) is 24.1. The van der Waals surface area contributed by atoms with Crippen molar-refractivity contribution in [2.45, 2.75) is 61.8 Å². The van der Waals surface area contributed by atoms with Crippen LogP contribution in [-0.4, -0.2) is 49.0 Å². The predicted octanol–water partition coefficient (Wildman–Crippen LogP) is 5.15. The van der Waals surface area contributed by atoms with Crippen molar-refractivity contribution in [3.63, 3.8) is 0 Å². The lowest BCUT2D eigenvalue weighted by atomic mass is 9.95. The van der Waals surface area contributed by atoms with Crippen molar-refractivity contribution in [1.82, 2.24) is 0 Å². The largest absolute Gasteiger partial charge is 0.455 e. The third-order valence-corrected chi connectivity index (χ3v) is 6.77. The van der Waals surface area contributed by atoms with E-state index >= 15 is 0 Å². The highest BCUT2D eigenvalue weighted by molar-refractivity contribution is 7.99. The molecule has 0 unspecified atom stereocenters. The molecule has 2 aromatic carbocycles. The maximum atomic E-state index is 13.0. The van der Waals surface area contributed by atoms with Gasteiger partial charge in [-0.05, 0) is 32.9 Å². The van der Waals surface area contributed by atoms with Crippen LogP contribution in [0.2, 0.25) is 0 Å². The van der Waals surface area contributed by atoms with Gasteiger partial charge in [-0.25, -0.2) is 0 Å². The van der Waals surface area contributed by atoms with E-state index in [1.54, 1.807) is 6.08 Å². The average molecular weight is 485 g/mol. The normalized spacial score (nSPS) is 29.1. The Hall–Kier alpha value is -2.16. The third-order valence-electron chi connectivity index (χ3n) is 5.61. The molecule has 34 heavy (non-hydrogen) atoms. The topological polar surface area (TPSA) is 63.2 Å². The van der Waals surface area contributed by atoms with Gasteiger partial charge in [0, 0.05) is 10.5 Å². The summed E-state index contributed by atoms with van der Waals surface area (Å²) in [4.78, 5) is 14.0. The SMILES string of the molecule is C=CCO[C@H]1[C@H]2O[C@@H](c3ccccc3)OC[C@H]2O[C@@H](Sc2ccccc2)[C@@H]1OC(=O)C(C)(C)C. The summed E-state index contributed by atoms with van der Waals surface area (Å²) in [5.41, 5.74) is -0.261. The quantitative estimate of drug-likeness (QED) is 0.398. The Morgan fingerprint density at radius 2 is 1.74 bits per heavy atom. The number of esters is 1. The molecule has 0 spiro atoms. The number of rotatable bonds is 7. The molecular formula is C27H32O6S. The smallest absolute Gasteiger partial charge is 0.311 e. The minimum absolute atomic E-state index is 0.292. The second-order valence-electron chi connectivity index (χ2n) is 9.36. The molecule has 0 aliphatic carbocycles.